The molecule has 23 heavy (non-hydrogen) atoms. The maximum Gasteiger partial charge on any atom is 0.340 e. The first-order valence-corrected chi connectivity index (χ1v) is 8.34. The Bertz CT molecular complexity index is 543. The molecule has 0 radical (unpaired) electrons. The highest BCUT2D eigenvalue weighted by atomic mass is 16.5. The number of nitrogens with zero attached hydrogens (tertiary/aromatic N) is 1. The number of para-hydroxylation sites is 1. The van der Waals surface area contributed by atoms with E-state index in [1.54, 1.807) is 19.1 Å². The van der Waals surface area contributed by atoms with Crippen LogP contribution in [0.3, 0.4) is 0 Å². The van der Waals surface area contributed by atoms with Gasteiger partial charge in [0.25, 0.3) is 5.91 Å². The van der Waals surface area contributed by atoms with Gasteiger partial charge in [0, 0.05) is 0 Å². The number of nitrogens with one attached hydrogen (secondary N) is 1. The average Bonchev–Trinajstić information content (AvgIpc) is 2.55. The molecule has 0 aliphatic heterocycles. The van der Waals surface area contributed by atoms with Crippen LogP contribution < -0.4 is 5.32 Å². The molecule has 1 aromatic rings. The zero-order valence-corrected chi connectivity index (χ0v) is 14.9. The van der Waals surface area contributed by atoms with Crippen molar-refractivity contribution in [2.24, 2.45) is 0 Å². The van der Waals surface area contributed by atoms with E-state index in [4.69, 9.17) is 4.74 Å². The highest BCUT2D eigenvalue weighted by Crippen LogP contribution is 2.22. The third-order valence-corrected chi connectivity index (χ3v) is 4.52. The van der Waals surface area contributed by atoms with Crippen LogP contribution in [-0.2, 0) is 9.53 Å². The number of esters is 1. The van der Waals surface area contributed by atoms with Gasteiger partial charge >= 0.3 is 5.97 Å². The normalized spacial score (nSPS) is 11.2. The second kappa shape index (κ2) is 8.67. The van der Waals surface area contributed by atoms with E-state index in [9.17, 15) is 9.59 Å². The molecule has 0 spiro atoms. The first-order valence-electron chi connectivity index (χ1n) is 8.34. The minimum absolute atomic E-state index is 0.0737. The Labute approximate surface area is 139 Å². The smallest absolute Gasteiger partial charge is 0.340 e. The monoisotopic (exact) mass is 321 g/mol. The predicted molar refractivity (Wildman–Crippen MR) is 92.5 cm³/mol. The molecular formula is C18H29N2O3+. The van der Waals surface area contributed by atoms with Gasteiger partial charge in [0.15, 0.2) is 6.54 Å². The van der Waals surface area contributed by atoms with Crippen molar-refractivity contribution < 1.29 is 18.8 Å². The third-order valence-electron chi connectivity index (χ3n) is 4.52. The molecule has 0 heterocycles. The number of anilines is 1. The zero-order chi connectivity index (χ0) is 17.5. The van der Waals surface area contributed by atoms with Crippen LogP contribution in [0, 0.1) is 6.92 Å². The first-order chi connectivity index (χ1) is 10.9. The lowest BCUT2D eigenvalue weighted by Gasteiger charge is -2.35. The van der Waals surface area contributed by atoms with Crippen LogP contribution in [-0.4, -0.2) is 49.1 Å². The number of ether oxygens (including phenoxy) is 1. The Morgan fingerprint density at radius 2 is 1.70 bits per heavy atom. The van der Waals surface area contributed by atoms with Crippen LogP contribution in [0.5, 0.6) is 0 Å². The lowest BCUT2D eigenvalue weighted by Crippen LogP contribution is -2.52. The van der Waals surface area contributed by atoms with Gasteiger partial charge in [0.05, 0.1) is 37.5 Å². The largest absolute Gasteiger partial charge is 0.462 e. The number of rotatable bonds is 8. The van der Waals surface area contributed by atoms with Gasteiger partial charge in [-0.1, -0.05) is 12.1 Å². The molecule has 0 atom stereocenters. The van der Waals surface area contributed by atoms with Crippen molar-refractivity contribution in [1.29, 1.82) is 0 Å². The molecule has 128 valence electrons. The van der Waals surface area contributed by atoms with Gasteiger partial charge in [-0.05, 0) is 46.2 Å². The number of hydrogen-bond donors (Lipinski definition) is 1. The molecule has 0 bridgehead atoms. The summed E-state index contributed by atoms with van der Waals surface area (Å²) in [6, 6.07) is 5.35. The van der Waals surface area contributed by atoms with Crippen LogP contribution >= 0.6 is 0 Å². The fourth-order valence-corrected chi connectivity index (χ4v) is 2.70. The number of amides is 1. The van der Waals surface area contributed by atoms with E-state index in [0.29, 0.717) is 24.4 Å². The lowest BCUT2D eigenvalue weighted by atomic mass is 10.1. The van der Waals surface area contributed by atoms with Crippen molar-refractivity contribution in [3.63, 3.8) is 0 Å². The first kappa shape index (κ1) is 19.2. The van der Waals surface area contributed by atoms with Crippen LogP contribution in [0.1, 0.15) is 43.6 Å². The maximum absolute atomic E-state index is 12.5. The molecule has 5 heteroatoms. The number of hydrogen-bond acceptors (Lipinski definition) is 3. The second-order valence-corrected chi connectivity index (χ2v) is 5.71. The quantitative estimate of drug-likeness (QED) is 0.591. The molecule has 0 saturated heterocycles. The minimum Gasteiger partial charge on any atom is -0.462 e. The van der Waals surface area contributed by atoms with E-state index < -0.39 is 5.97 Å². The second-order valence-electron chi connectivity index (χ2n) is 5.71. The van der Waals surface area contributed by atoms with E-state index >= 15 is 0 Å². The van der Waals surface area contributed by atoms with Crippen LogP contribution in [0.2, 0.25) is 0 Å². The van der Waals surface area contributed by atoms with E-state index in [0.717, 1.165) is 29.7 Å². The molecule has 0 aliphatic rings. The topological polar surface area (TPSA) is 55.4 Å². The average molecular weight is 321 g/mol. The van der Waals surface area contributed by atoms with Crippen molar-refractivity contribution in [3.8, 4) is 0 Å². The van der Waals surface area contributed by atoms with Gasteiger partial charge in [-0.3, -0.25) is 4.79 Å². The van der Waals surface area contributed by atoms with E-state index in [-0.39, 0.29) is 5.91 Å². The fourth-order valence-electron chi connectivity index (χ4n) is 2.70. The molecule has 0 fully saturated rings. The van der Waals surface area contributed by atoms with Gasteiger partial charge in [0.1, 0.15) is 0 Å². The van der Waals surface area contributed by atoms with Crippen molar-refractivity contribution in [3.05, 3.63) is 29.3 Å². The number of aryl methyl sites for hydroxylation is 1. The summed E-state index contributed by atoms with van der Waals surface area (Å²) < 4.78 is 5.80. The molecule has 1 aromatic carbocycles. The molecule has 1 N–H and O–H groups in total. The van der Waals surface area contributed by atoms with Crippen molar-refractivity contribution in [2.75, 3.05) is 38.1 Å². The zero-order valence-electron chi connectivity index (χ0n) is 14.9. The summed E-state index contributed by atoms with van der Waals surface area (Å²) >= 11 is 0. The summed E-state index contributed by atoms with van der Waals surface area (Å²) in [5.41, 5.74) is 1.81. The third kappa shape index (κ3) is 4.79. The Balaban J connectivity index is 3.00. The van der Waals surface area contributed by atoms with Crippen molar-refractivity contribution in [2.45, 2.75) is 34.6 Å². The number of quaternary nitrogens is 1. The Morgan fingerprint density at radius 3 is 2.22 bits per heavy atom. The summed E-state index contributed by atoms with van der Waals surface area (Å²) in [5, 5.41) is 2.92. The highest BCUT2D eigenvalue weighted by Gasteiger charge is 2.26. The van der Waals surface area contributed by atoms with E-state index in [1.165, 1.54) is 0 Å². The molecule has 1 rings (SSSR count). The number of likely N-dealkylation sites (N-methyl/N-ethyl adjacent to an activating group) is 1. The SMILES string of the molecule is CCOC(=O)c1cccc(C)c1NC(=O)C[N+](CC)(CC)CC. The van der Waals surface area contributed by atoms with E-state index in [2.05, 4.69) is 26.1 Å². The predicted octanol–water partition coefficient (Wildman–Crippen LogP) is 2.99. The van der Waals surface area contributed by atoms with Gasteiger partial charge in [0.2, 0.25) is 0 Å². The van der Waals surface area contributed by atoms with Crippen LogP contribution in [0.15, 0.2) is 18.2 Å². The van der Waals surface area contributed by atoms with Gasteiger partial charge in [-0.15, -0.1) is 0 Å². The number of benzene rings is 1. The maximum atomic E-state index is 12.5. The highest BCUT2D eigenvalue weighted by molar-refractivity contribution is 6.02. The number of carbonyl (C=O) groups is 2. The van der Waals surface area contributed by atoms with Crippen molar-refractivity contribution >= 4 is 17.6 Å². The molecule has 0 saturated carbocycles. The Kier molecular flexibility index (Phi) is 7.23. The van der Waals surface area contributed by atoms with Gasteiger partial charge in [-0.2, -0.15) is 0 Å². The summed E-state index contributed by atoms with van der Waals surface area (Å²) in [4.78, 5) is 24.6. The molecule has 5 nitrogen and oxygen atoms in total. The Morgan fingerprint density at radius 1 is 1.09 bits per heavy atom. The lowest BCUT2D eigenvalue weighted by molar-refractivity contribution is -0.915. The minimum atomic E-state index is -0.409. The summed E-state index contributed by atoms with van der Waals surface area (Å²) in [7, 11) is 0. The fraction of sp³-hybridized carbons (Fsp3) is 0.556. The van der Waals surface area contributed by atoms with Crippen LogP contribution in [0.4, 0.5) is 5.69 Å². The number of carbonyl (C=O) groups excluding carboxylic acids is 2. The summed E-state index contributed by atoms with van der Waals surface area (Å²) in [6.45, 7) is 13.3. The Hall–Kier alpha value is -1.88. The molecule has 1 amide bonds. The molecule has 0 aliphatic carbocycles. The molecular weight excluding hydrogens is 292 g/mol. The molecule has 0 unspecified atom stereocenters. The van der Waals surface area contributed by atoms with Gasteiger partial charge < -0.3 is 14.5 Å². The summed E-state index contributed by atoms with van der Waals surface area (Å²) in [6.07, 6.45) is 0. The van der Waals surface area contributed by atoms with Crippen LogP contribution in [0.25, 0.3) is 0 Å². The van der Waals surface area contributed by atoms with E-state index in [1.807, 2.05) is 13.0 Å². The standard InChI is InChI=1S/C18H28N2O3/c1-6-20(7-2,8-3)13-16(21)19-17-14(5)11-10-12-15(17)18(22)23-9-4/h10-12H,6-9,13H2,1-5H3/p+1. The van der Waals surface area contributed by atoms with Gasteiger partial charge in [-0.25, -0.2) is 4.79 Å². The van der Waals surface area contributed by atoms with Crippen molar-refractivity contribution in [1.82, 2.24) is 0 Å². The molecule has 0 aromatic heterocycles. The summed E-state index contributed by atoms with van der Waals surface area (Å²) in [5.74, 6) is -0.482.